The number of imide groups is 1. The minimum atomic E-state index is -1.92. The van der Waals surface area contributed by atoms with Gasteiger partial charge in [0.05, 0.1) is 11.1 Å². The van der Waals surface area contributed by atoms with Gasteiger partial charge in [-0.25, -0.2) is 18.0 Å². The minimum absolute atomic E-state index is 0.0944. The number of hydrogen-bond donors (Lipinski definition) is 3. The third-order valence-corrected chi connectivity index (χ3v) is 3.54. The molecule has 1 aliphatic rings. The molecule has 0 unspecified atom stereocenters. The molecule has 0 aliphatic carbocycles. The van der Waals surface area contributed by atoms with E-state index in [1.165, 1.54) is 0 Å². The zero-order valence-electron chi connectivity index (χ0n) is 11.9. The van der Waals surface area contributed by atoms with E-state index in [0.717, 1.165) is 0 Å². The summed E-state index contributed by atoms with van der Waals surface area (Å²) in [5.74, 6) is -10.1. The molecule has 1 aromatic carbocycles. The Hall–Kier alpha value is -3.63. The molecule has 2 aromatic rings. The molecule has 2 amide bonds. The van der Waals surface area contributed by atoms with Gasteiger partial charge in [-0.15, -0.1) is 0 Å². The first-order valence-electron chi connectivity index (χ1n) is 6.47. The average molecular weight is 353 g/mol. The van der Waals surface area contributed by atoms with Crippen LogP contribution in [0.15, 0.2) is 16.9 Å². The number of pyridine rings is 1. The number of hydrogen-bond acceptors (Lipinski definition) is 5. The number of rotatable bonds is 2. The van der Waals surface area contributed by atoms with Crippen LogP contribution in [0.25, 0.3) is 5.69 Å². The molecule has 1 aliphatic heterocycles. The zero-order chi connectivity index (χ0) is 18.6. The summed E-state index contributed by atoms with van der Waals surface area (Å²) in [6.07, 6.45) is 0. The number of nitrogens with two attached hydrogens (primary N) is 1. The molecule has 3 rings (SSSR count). The molecule has 8 nitrogen and oxygen atoms in total. The van der Waals surface area contributed by atoms with Crippen LogP contribution >= 0.6 is 0 Å². The summed E-state index contributed by atoms with van der Waals surface area (Å²) in [5, 5.41) is 10.7. The van der Waals surface area contributed by atoms with Gasteiger partial charge in [-0.1, -0.05) is 0 Å². The normalized spacial score (nSPS) is 12.9. The lowest BCUT2D eigenvalue weighted by atomic mass is 10.1. The standard InChI is InChI=1S/C14H6F3N3O5/c15-5-1-4(14(24)25)8(16)10(9(5)17)20-6(21)2-3-7(11(20)18)13(23)19-12(3)22/h1-2H,18H2,(H,24,25)(H,19,22,23). The minimum Gasteiger partial charge on any atom is -0.478 e. The summed E-state index contributed by atoms with van der Waals surface area (Å²) in [4.78, 5) is 46.4. The van der Waals surface area contributed by atoms with E-state index in [1.807, 2.05) is 5.32 Å². The number of carbonyl (C=O) groups is 3. The van der Waals surface area contributed by atoms with Crippen molar-refractivity contribution in [3.63, 3.8) is 0 Å². The number of anilines is 1. The van der Waals surface area contributed by atoms with E-state index in [9.17, 15) is 32.3 Å². The van der Waals surface area contributed by atoms with Crippen molar-refractivity contribution in [2.45, 2.75) is 0 Å². The van der Waals surface area contributed by atoms with Crippen molar-refractivity contribution in [1.82, 2.24) is 9.88 Å². The van der Waals surface area contributed by atoms with Crippen LogP contribution in [0, 0.1) is 17.5 Å². The summed E-state index contributed by atoms with van der Waals surface area (Å²) < 4.78 is 42.2. The molecule has 0 atom stereocenters. The lowest BCUT2D eigenvalue weighted by Crippen LogP contribution is -2.26. The fourth-order valence-electron chi connectivity index (χ4n) is 2.45. The highest BCUT2D eigenvalue weighted by Crippen LogP contribution is 2.28. The van der Waals surface area contributed by atoms with Crippen molar-refractivity contribution in [2.24, 2.45) is 0 Å². The highest BCUT2D eigenvalue weighted by molar-refractivity contribution is 6.23. The van der Waals surface area contributed by atoms with Gasteiger partial charge in [-0.05, 0) is 6.07 Å². The molecule has 2 heterocycles. The number of halogens is 3. The molecule has 4 N–H and O–H groups in total. The zero-order valence-corrected chi connectivity index (χ0v) is 11.9. The quantitative estimate of drug-likeness (QED) is 0.530. The average Bonchev–Trinajstić information content (AvgIpc) is 2.80. The SMILES string of the molecule is Nc1c2c(cc(=O)n1-c1c(F)c(F)cc(C(=O)O)c1F)C(=O)NC2=O. The first-order valence-corrected chi connectivity index (χ1v) is 6.47. The predicted molar refractivity (Wildman–Crippen MR) is 75.1 cm³/mol. The van der Waals surface area contributed by atoms with Gasteiger partial charge in [0.15, 0.2) is 17.5 Å². The van der Waals surface area contributed by atoms with Crippen molar-refractivity contribution in [3.05, 3.63) is 56.6 Å². The Balaban J connectivity index is 2.46. The molecular weight excluding hydrogens is 347 g/mol. The van der Waals surface area contributed by atoms with E-state index in [4.69, 9.17) is 10.8 Å². The van der Waals surface area contributed by atoms with Crippen LogP contribution in [0.5, 0.6) is 0 Å². The highest BCUT2D eigenvalue weighted by Gasteiger charge is 2.34. The Bertz CT molecular complexity index is 1060. The summed E-state index contributed by atoms with van der Waals surface area (Å²) >= 11 is 0. The molecule has 0 radical (unpaired) electrons. The summed E-state index contributed by atoms with van der Waals surface area (Å²) in [5.41, 5.74) is 0.707. The van der Waals surface area contributed by atoms with Crippen LogP contribution < -0.4 is 16.6 Å². The van der Waals surface area contributed by atoms with Crippen molar-refractivity contribution < 1.29 is 32.7 Å². The fraction of sp³-hybridized carbons (Fsp3) is 0. The van der Waals surface area contributed by atoms with Crippen LogP contribution in [0.3, 0.4) is 0 Å². The van der Waals surface area contributed by atoms with E-state index in [-0.39, 0.29) is 10.6 Å². The number of nitrogens with one attached hydrogen (secondary N) is 1. The smallest absolute Gasteiger partial charge is 0.338 e. The summed E-state index contributed by atoms with van der Waals surface area (Å²) in [6, 6.07) is 0.678. The largest absolute Gasteiger partial charge is 0.478 e. The second-order valence-electron chi connectivity index (χ2n) is 4.96. The third-order valence-electron chi connectivity index (χ3n) is 3.54. The van der Waals surface area contributed by atoms with Crippen LogP contribution in [0.2, 0.25) is 0 Å². The highest BCUT2D eigenvalue weighted by atomic mass is 19.2. The van der Waals surface area contributed by atoms with Crippen molar-refractivity contribution in [2.75, 3.05) is 5.73 Å². The Labute approximate surface area is 135 Å². The predicted octanol–water partition coefficient (Wildman–Crippen LogP) is 0.419. The van der Waals surface area contributed by atoms with Gasteiger partial charge in [0.1, 0.15) is 17.1 Å². The number of carbonyl (C=O) groups excluding carboxylic acids is 2. The number of aromatic nitrogens is 1. The molecule has 0 saturated heterocycles. The van der Waals surface area contributed by atoms with Gasteiger partial charge >= 0.3 is 5.97 Å². The topological polar surface area (TPSA) is 131 Å². The van der Waals surface area contributed by atoms with Crippen molar-refractivity contribution >= 4 is 23.6 Å². The van der Waals surface area contributed by atoms with Crippen LogP contribution in [-0.4, -0.2) is 27.5 Å². The number of carboxylic acid groups (broad SMARTS) is 1. The van der Waals surface area contributed by atoms with Crippen LogP contribution in [0.1, 0.15) is 31.1 Å². The van der Waals surface area contributed by atoms with Crippen molar-refractivity contribution in [1.29, 1.82) is 0 Å². The van der Waals surface area contributed by atoms with Gasteiger partial charge in [-0.3, -0.25) is 24.3 Å². The Morgan fingerprint density at radius 3 is 2.32 bits per heavy atom. The first kappa shape index (κ1) is 16.2. The van der Waals surface area contributed by atoms with Gasteiger partial charge in [0.2, 0.25) is 0 Å². The molecule has 0 bridgehead atoms. The van der Waals surface area contributed by atoms with E-state index in [0.29, 0.717) is 6.07 Å². The van der Waals surface area contributed by atoms with E-state index in [1.54, 1.807) is 0 Å². The first-order chi connectivity index (χ1) is 11.6. The molecular formula is C14H6F3N3O5. The van der Waals surface area contributed by atoms with E-state index in [2.05, 4.69) is 0 Å². The maximum absolute atomic E-state index is 14.4. The number of aromatic carboxylic acids is 1. The van der Waals surface area contributed by atoms with E-state index < -0.39 is 69.0 Å². The van der Waals surface area contributed by atoms with Gasteiger partial charge in [0, 0.05) is 6.07 Å². The van der Waals surface area contributed by atoms with Gasteiger partial charge in [0.25, 0.3) is 17.4 Å². The number of benzene rings is 1. The number of nitrogen functional groups attached to an aromatic ring is 1. The maximum atomic E-state index is 14.4. The number of fused-ring (bicyclic) bond motifs is 1. The maximum Gasteiger partial charge on any atom is 0.338 e. The Morgan fingerprint density at radius 1 is 1.08 bits per heavy atom. The lowest BCUT2D eigenvalue weighted by molar-refractivity contribution is 0.0690. The van der Waals surface area contributed by atoms with Crippen LogP contribution in [-0.2, 0) is 0 Å². The Morgan fingerprint density at radius 2 is 1.72 bits per heavy atom. The molecule has 25 heavy (non-hydrogen) atoms. The third kappa shape index (κ3) is 2.16. The van der Waals surface area contributed by atoms with Crippen LogP contribution in [0.4, 0.5) is 19.0 Å². The molecule has 11 heteroatoms. The lowest BCUT2D eigenvalue weighted by Gasteiger charge is -2.14. The molecule has 0 fully saturated rings. The monoisotopic (exact) mass is 353 g/mol. The molecule has 128 valence electrons. The summed E-state index contributed by atoms with van der Waals surface area (Å²) in [7, 11) is 0. The van der Waals surface area contributed by atoms with Gasteiger partial charge in [-0.2, -0.15) is 0 Å². The number of amides is 2. The Kier molecular flexibility index (Phi) is 3.37. The van der Waals surface area contributed by atoms with Crippen molar-refractivity contribution in [3.8, 4) is 5.69 Å². The summed E-state index contributed by atoms with van der Waals surface area (Å²) in [6.45, 7) is 0. The molecule has 1 aromatic heterocycles. The molecule has 0 spiro atoms. The van der Waals surface area contributed by atoms with Gasteiger partial charge < -0.3 is 10.8 Å². The second-order valence-corrected chi connectivity index (χ2v) is 4.96. The number of carboxylic acids is 1. The second kappa shape index (κ2) is 5.19. The van der Waals surface area contributed by atoms with E-state index >= 15 is 0 Å². The fourth-order valence-corrected chi connectivity index (χ4v) is 2.45. The number of nitrogens with zero attached hydrogens (tertiary/aromatic N) is 1. The molecule has 0 saturated carbocycles.